The van der Waals surface area contributed by atoms with E-state index in [0.29, 0.717) is 0 Å². The predicted molar refractivity (Wildman–Crippen MR) is 75.4 cm³/mol. The lowest BCUT2D eigenvalue weighted by molar-refractivity contribution is -0.132. The number of carboxylic acids is 2. The largest absolute Gasteiger partial charge is 0.478 e. The monoisotopic (exact) mass is 270 g/mol. The van der Waals surface area contributed by atoms with Crippen LogP contribution >= 0.6 is 0 Å². The molecular formula is C16H14O4. The number of benzene rings is 1. The van der Waals surface area contributed by atoms with E-state index in [4.69, 9.17) is 10.2 Å². The van der Waals surface area contributed by atoms with E-state index in [-0.39, 0.29) is 17.1 Å². The maximum Gasteiger partial charge on any atom is 0.335 e. The molecule has 0 aliphatic heterocycles. The molecule has 4 nitrogen and oxygen atoms in total. The van der Waals surface area contributed by atoms with Crippen LogP contribution in [0, 0.1) is 5.92 Å². The fourth-order valence-electron chi connectivity index (χ4n) is 2.05. The Hall–Kier alpha value is -2.62. The quantitative estimate of drug-likeness (QED) is 0.885. The van der Waals surface area contributed by atoms with Gasteiger partial charge in [-0.3, -0.25) is 0 Å². The van der Waals surface area contributed by atoms with E-state index < -0.39 is 11.9 Å². The van der Waals surface area contributed by atoms with Crippen molar-refractivity contribution in [2.75, 3.05) is 0 Å². The zero-order valence-corrected chi connectivity index (χ0v) is 10.9. The van der Waals surface area contributed by atoms with Gasteiger partial charge in [-0.2, -0.15) is 0 Å². The van der Waals surface area contributed by atoms with Crippen molar-refractivity contribution in [1.82, 2.24) is 0 Å². The molecule has 0 saturated carbocycles. The van der Waals surface area contributed by atoms with Gasteiger partial charge in [-0.25, -0.2) is 9.59 Å². The molecule has 0 heterocycles. The highest BCUT2D eigenvalue weighted by Crippen LogP contribution is 2.27. The number of aliphatic carboxylic acids is 1. The molecule has 1 aromatic carbocycles. The third-order valence-electron chi connectivity index (χ3n) is 3.21. The SMILES string of the molecule is CC1C=CC(C(=O)O)=CC=C1c1ccc(C(=O)O)cc1. The van der Waals surface area contributed by atoms with Crippen molar-refractivity contribution in [2.45, 2.75) is 6.92 Å². The first kappa shape index (κ1) is 13.8. The van der Waals surface area contributed by atoms with Gasteiger partial charge in [0.1, 0.15) is 0 Å². The summed E-state index contributed by atoms with van der Waals surface area (Å²) in [6.07, 6.45) is 6.73. The highest BCUT2D eigenvalue weighted by atomic mass is 16.4. The van der Waals surface area contributed by atoms with Crippen molar-refractivity contribution in [2.24, 2.45) is 5.92 Å². The molecule has 0 amide bonds. The van der Waals surface area contributed by atoms with Crippen LogP contribution < -0.4 is 0 Å². The van der Waals surface area contributed by atoms with Crippen LogP contribution in [0.25, 0.3) is 5.57 Å². The molecule has 0 saturated heterocycles. The van der Waals surface area contributed by atoms with E-state index in [2.05, 4.69) is 0 Å². The van der Waals surface area contributed by atoms with E-state index in [0.717, 1.165) is 11.1 Å². The molecule has 1 aliphatic rings. The first-order valence-corrected chi connectivity index (χ1v) is 6.16. The first-order chi connectivity index (χ1) is 9.49. The van der Waals surface area contributed by atoms with Gasteiger partial charge in [0.25, 0.3) is 0 Å². The van der Waals surface area contributed by atoms with Gasteiger partial charge in [0.15, 0.2) is 0 Å². The molecule has 2 N–H and O–H groups in total. The van der Waals surface area contributed by atoms with Gasteiger partial charge in [-0.05, 0) is 35.3 Å². The number of hydrogen-bond acceptors (Lipinski definition) is 2. The van der Waals surface area contributed by atoms with Crippen LogP contribution in [0.5, 0.6) is 0 Å². The first-order valence-electron chi connectivity index (χ1n) is 6.16. The maximum absolute atomic E-state index is 11.0. The number of carbonyl (C=O) groups is 2. The predicted octanol–water partition coefficient (Wildman–Crippen LogP) is 2.99. The minimum absolute atomic E-state index is 0.0544. The second-order valence-corrected chi connectivity index (χ2v) is 4.58. The Morgan fingerprint density at radius 1 is 1.00 bits per heavy atom. The Kier molecular flexibility index (Phi) is 3.84. The molecule has 0 fully saturated rings. The van der Waals surface area contributed by atoms with Crippen LogP contribution in [0.15, 0.2) is 54.1 Å². The summed E-state index contributed by atoms with van der Waals surface area (Å²) < 4.78 is 0. The lowest BCUT2D eigenvalue weighted by atomic mass is 9.93. The van der Waals surface area contributed by atoms with Crippen LogP contribution in [-0.2, 0) is 4.79 Å². The Morgan fingerprint density at radius 3 is 2.20 bits per heavy atom. The average Bonchev–Trinajstić information content (AvgIpc) is 2.61. The molecule has 0 spiro atoms. The van der Waals surface area contributed by atoms with Crippen molar-refractivity contribution < 1.29 is 19.8 Å². The summed E-state index contributed by atoms with van der Waals surface area (Å²) in [7, 11) is 0. The van der Waals surface area contributed by atoms with Crippen LogP contribution in [0.1, 0.15) is 22.8 Å². The Balaban J connectivity index is 2.38. The van der Waals surface area contributed by atoms with Gasteiger partial charge in [0.2, 0.25) is 0 Å². The van der Waals surface area contributed by atoms with Gasteiger partial charge < -0.3 is 10.2 Å². The summed E-state index contributed by atoms with van der Waals surface area (Å²) in [6.45, 7) is 1.96. The summed E-state index contributed by atoms with van der Waals surface area (Å²) in [5.41, 5.74) is 2.30. The maximum atomic E-state index is 11.0. The minimum atomic E-state index is -0.966. The topological polar surface area (TPSA) is 74.6 Å². The molecule has 20 heavy (non-hydrogen) atoms. The normalized spacial score (nSPS) is 17.9. The van der Waals surface area contributed by atoms with Crippen LogP contribution in [-0.4, -0.2) is 22.2 Å². The van der Waals surface area contributed by atoms with Crippen molar-refractivity contribution >= 4 is 17.5 Å². The zero-order chi connectivity index (χ0) is 14.7. The highest BCUT2D eigenvalue weighted by molar-refractivity contribution is 5.92. The number of rotatable bonds is 3. The number of hydrogen-bond donors (Lipinski definition) is 2. The van der Waals surface area contributed by atoms with Gasteiger partial charge in [-0.1, -0.05) is 37.3 Å². The second-order valence-electron chi connectivity index (χ2n) is 4.58. The summed E-state index contributed by atoms with van der Waals surface area (Å²) in [5, 5.41) is 17.9. The van der Waals surface area contributed by atoms with Gasteiger partial charge in [0, 0.05) is 0 Å². The standard InChI is InChI=1S/C16H14O4/c1-10-2-3-12(15(17)18)8-9-14(10)11-4-6-13(7-5-11)16(19)20/h2-10H,1H3,(H,17,18)(H,19,20). The molecule has 1 atom stereocenters. The fraction of sp³-hybridized carbons (Fsp3) is 0.125. The van der Waals surface area contributed by atoms with E-state index >= 15 is 0 Å². The molecule has 0 radical (unpaired) electrons. The highest BCUT2D eigenvalue weighted by Gasteiger charge is 2.13. The smallest absolute Gasteiger partial charge is 0.335 e. The van der Waals surface area contributed by atoms with Crippen molar-refractivity contribution in [3.63, 3.8) is 0 Å². The summed E-state index contributed by atoms with van der Waals surface area (Å²) in [4.78, 5) is 21.8. The molecule has 102 valence electrons. The third-order valence-corrected chi connectivity index (χ3v) is 3.21. The summed E-state index contributed by atoms with van der Waals surface area (Å²) in [5.74, 6) is -1.88. The average molecular weight is 270 g/mol. The van der Waals surface area contributed by atoms with Gasteiger partial charge in [-0.15, -0.1) is 0 Å². The van der Waals surface area contributed by atoms with Crippen molar-refractivity contribution in [3.05, 3.63) is 65.3 Å². The molecular weight excluding hydrogens is 256 g/mol. The number of aromatic carboxylic acids is 1. The van der Waals surface area contributed by atoms with Crippen LogP contribution in [0.4, 0.5) is 0 Å². The molecule has 1 aromatic rings. The van der Waals surface area contributed by atoms with Gasteiger partial charge >= 0.3 is 11.9 Å². The Morgan fingerprint density at radius 2 is 1.65 bits per heavy atom. The molecule has 0 bridgehead atoms. The number of carboxylic acid groups (broad SMARTS) is 2. The lowest BCUT2D eigenvalue weighted by Gasteiger charge is -2.11. The molecule has 1 unspecified atom stereocenters. The lowest BCUT2D eigenvalue weighted by Crippen LogP contribution is -1.98. The van der Waals surface area contributed by atoms with Gasteiger partial charge in [0.05, 0.1) is 11.1 Å². The molecule has 2 rings (SSSR count). The molecule has 1 aliphatic carbocycles. The second kappa shape index (κ2) is 5.57. The van der Waals surface area contributed by atoms with Crippen LogP contribution in [0.3, 0.4) is 0 Å². The minimum Gasteiger partial charge on any atom is -0.478 e. The Labute approximate surface area is 116 Å². The van der Waals surface area contributed by atoms with Crippen LogP contribution in [0.2, 0.25) is 0 Å². The molecule has 4 heteroatoms. The zero-order valence-electron chi connectivity index (χ0n) is 10.9. The molecule has 0 aromatic heterocycles. The van der Waals surface area contributed by atoms with E-state index in [1.807, 2.05) is 13.0 Å². The number of allylic oxidation sites excluding steroid dienone is 4. The summed E-state index contributed by atoms with van der Waals surface area (Å²) >= 11 is 0. The summed E-state index contributed by atoms with van der Waals surface area (Å²) in [6, 6.07) is 6.56. The Bertz CT molecular complexity index is 633. The van der Waals surface area contributed by atoms with E-state index in [1.165, 1.54) is 0 Å². The fourth-order valence-corrected chi connectivity index (χ4v) is 2.05. The van der Waals surface area contributed by atoms with Crippen molar-refractivity contribution in [1.29, 1.82) is 0 Å². The van der Waals surface area contributed by atoms with E-state index in [1.54, 1.807) is 42.5 Å². The van der Waals surface area contributed by atoms with Crippen molar-refractivity contribution in [3.8, 4) is 0 Å². The van der Waals surface area contributed by atoms with E-state index in [9.17, 15) is 9.59 Å². The third kappa shape index (κ3) is 2.85.